The van der Waals surface area contributed by atoms with Gasteiger partial charge in [0.05, 0.1) is 6.04 Å². The molecule has 1 aliphatic carbocycles. The summed E-state index contributed by atoms with van der Waals surface area (Å²) >= 11 is 0. The lowest BCUT2D eigenvalue weighted by Crippen LogP contribution is -2.39. The summed E-state index contributed by atoms with van der Waals surface area (Å²) in [6.07, 6.45) is 5.44. The number of nitrogens with one attached hydrogen (secondary N) is 1. The maximum atomic E-state index is 12.0. The van der Waals surface area contributed by atoms with E-state index < -0.39 is 0 Å². The Hall–Kier alpha value is -0.610. The minimum Gasteiger partial charge on any atom is -0.396 e. The molecule has 17 heavy (non-hydrogen) atoms. The summed E-state index contributed by atoms with van der Waals surface area (Å²) in [6, 6.07) is 0.691. The molecular weight excluding hydrogens is 216 g/mol. The first-order valence-corrected chi connectivity index (χ1v) is 6.86. The highest BCUT2D eigenvalue weighted by molar-refractivity contribution is 5.84. The van der Waals surface area contributed by atoms with Crippen molar-refractivity contribution < 1.29 is 9.90 Å². The van der Waals surface area contributed by atoms with Crippen LogP contribution in [-0.4, -0.2) is 47.7 Å². The SMILES string of the molecule is CC(CO)CCCN1CCC(NC2CC2)C1=O. The van der Waals surface area contributed by atoms with Crippen LogP contribution in [0.5, 0.6) is 0 Å². The van der Waals surface area contributed by atoms with E-state index in [-0.39, 0.29) is 18.6 Å². The second-order valence-electron chi connectivity index (χ2n) is 5.54. The topological polar surface area (TPSA) is 52.6 Å². The Balaban J connectivity index is 1.66. The maximum Gasteiger partial charge on any atom is 0.239 e. The van der Waals surface area contributed by atoms with Gasteiger partial charge < -0.3 is 15.3 Å². The normalized spacial score (nSPS) is 26.6. The number of likely N-dealkylation sites (tertiary alicyclic amines) is 1. The van der Waals surface area contributed by atoms with Gasteiger partial charge >= 0.3 is 0 Å². The van der Waals surface area contributed by atoms with E-state index in [0.717, 1.165) is 32.4 Å². The highest BCUT2D eigenvalue weighted by atomic mass is 16.3. The summed E-state index contributed by atoms with van der Waals surface area (Å²) in [5.41, 5.74) is 0. The molecule has 1 saturated heterocycles. The molecule has 1 aliphatic heterocycles. The lowest BCUT2D eigenvalue weighted by molar-refractivity contribution is -0.129. The molecule has 1 heterocycles. The third kappa shape index (κ3) is 3.68. The van der Waals surface area contributed by atoms with Crippen molar-refractivity contribution in [2.45, 2.75) is 51.1 Å². The van der Waals surface area contributed by atoms with Crippen molar-refractivity contribution in [3.63, 3.8) is 0 Å². The summed E-state index contributed by atoms with van der Waals surface area (Å²) in [5, 5.41) is 12.3. The van der Waals surface area contributed by atoms with Crippen molar-refractivity contribution in [2.75, 3.05) is 19.7 Å². The maximum absolute atomic E-state index is 12.0. The first kappa shape index (κ1) is 12.8. The van der Waals surface area contributed by atoms with Crippen molar-refractivity contribution in [3.05, 3.63) is 0 Å². The van der Waals surface area contributed by atoms with E-state index >= 15 is 0 Å². The molecule has 2 aliphatic rings. The van der Waals surface area contributed by atoms with Gasteiger partial charge in [-0.15, -0.1) is 0 Å². The molecule has 4 heteroatoms. The molecular formula is C13H24N2O2. The minimum absolute atomic E-state index is 0.0813. The molecule has 0 bridgehead atoms. The van der Waals surface area contributed by atoms with Crippen LogP contribution in [0.3, 0.4) is 0 Å². The number of carbonyl (C=O) groups excluding carboxylic acids is 1. The summed E-state index contributed by atoms with van der Waals surface area (Å²) in [6.45, 7) is 4.05. The predicted molar refractivity (Wildman–Crippen MR) is 66.6 cm³/mol. The molecule has 1 amide bonds. The van der Waals surface area contributed by atoms with Gasteiger partial charge in [0.1, 0.15) is 0 Å². The van der Waals surface area contributed by atoms with Crippen molar-refractivity contribution in [2.24, 2.45) is 5.92 Å². The Morgan fingerprint density at radius 2 is 2.24 bits per heavy atom. The molecule has 2 N–H and O–H groups in total. The predicted octanol–water partition coefficient (Wildman–Crippen LogP) is 0.748. The van der Waals surface area contributed by atoms with E-state index in [1.54, 1.807) is 0 Å². The molecule has 98 valence electrons. The number of aliphatic hydroxyl groups excluding tert-OH is 1. The zero-order valence-corrected chi connectivity index (χ0v) is 10.7. The first-order chi connectivity index (χ1) is 8.20. The van der Waals surface area contributed by atoms with Gasteiger partial charge in [0.15, 0.2) is 0 Å². The van der Waals surface area contributed by atoms with Crippen LogP contribution >= 0.6 is 0 Å². The van der Waals surface area contributed by atoms with Gasteiger partial charge in [0.25, 0.3) is 0 Å². The van der Waals surface area contributed by atoms with Crippen LogP contribution in [0.4, 0.5) is 0 Å². The Morgan fingerprint density at radius 3 is 2.88 bits per heavy atom. The number of nitrogens with zero attached hydrogens (tertiary/aromatic N) is 1. The van der Waals surface area contributed by atoms with E-state index in [1.165, 1.54) is 12.8 Å². The van der Waals surface area contributed by atoms with Crippen LogP contribution in [0.15, 0.2) is 0 Å². The molecule has 2 unspecified atom stereocenters. The number of amides is 1. The van der Waals surface area contributed by atoms with Gasteiger partial charge in [-0.3, -0.25) is 4.79 Å². The summed E-state index contributed by atoms with van der Waals surface area (Å²) < 4.78 is 0. The average Bonchev–Trinajstić information content (AvgIpc) is 3.08. The Kier molecular flexibility index (Phi) is 4.40. The Morgan fingerprint density at radius 1 is 1.47 bits per heavy atom. The lowest BCUT2D eigenvalue weighted by atomic mass is 10.1. The second kappa shape index (κ2) is 5.83. The van der Waals surface area contributed by atoms with Crippen LogP contribution in [0, 0.1) is 5.92 Å². The molecule has 0 aromatic carbocycles. The van der Waals surface area contributed by atoms with Crippen LogP contribution in [0.2, 0.25) is 0 Å². The van der Waals surface area contributed by atoms with Crippen molar-refractivity contribution in [3.8, 4) is 0 Å². The zero-order valence-electron chi connectivity index (χ0n) is 10.7. The summed E-state index contributed by atoms with van der Waals surface area (Å²) in [7, 11) is 0. The smallest absolute Gasteiger partial charge is 0.239 e. The van der Waals surface area contributed by atoms with Crippen molar-refractivity contribution in [1.82, 2.24) is 10.2 Å². The third-order valence-corrected chi connectivity index (χ3v) is 3.75. The lowest BCUT2D eigenvalue weighted by Gasteiger charge is -2.18. The molecule has 0 aromatic heterocycles. The van der Waals surface area contributed by atoms with Gasteiger partial charge in [0, 0.05) is 25.7 Å². The fourth-order valence-electron chi connectivity index (χ4n) is 2.37. The average molecular weight is 240 g/mol. The Labute approximate surface area is 103 Å². The number of hydrogen-bond donors (Lipinski definition) is 2. The van der Waals surface area contributed by atoms with Gasteiger partial charge in [-0.05, 0) is 38.0 Å². The highest BCUT2D eigenvalue weighted by Crippen LogP contribution is 2.22. The van der Waals surface area contributed by atoms with E-state index in [1.807, 2.05) is 11.8 Å². The van der Waals surface area contributed by atoms with Crippen LogP contribution in [-0.2, 0) is 4.79 Å². The van der Waals surface area contributed by atoms with E-state index in [4.69, 9.17) is 5.11 Å². The molecule has 2 fully saturated rings. The number of rotatable bonds is 7. The number of hydrogen-bond acceptors (Lipinski definition) is 3. The second-order valence-corrected chi connectivity index (χ2v) is 5.54. The highest BCUT2D eigenvalue weighted by Gasteiger charge is 2.35. The van der Waals surface area contributed by atoms with Crippen molar-refractivity contribution >= 4 is 5.91 Å². The van der Waals surface area contributed by atoms with Gasteiger partial charge in [-0.25, -0.2) is 0 Å². The molecule has 0 aromatic rings. The van der Waals surface area contributed by atoms with Crippen molar-refractivity contribution in [1.29, 1.82) is 0 Å². The molecule has 0 radical (unpaired) electrons. The van der Waals surface area contributed by atoms with Gasteiger partial charge in [0.2, 0.25) is 5.91 Å². The largest absolute Gasteiger partial charge is 0.396 e. The van der Waals surface area contributed by atoms with Crippen LogP contribution in [0.1, 0.15) is 39.0 Å². The number of carbonyl (C=O) groups is 1. The fourth-order valence-corrected chi connectivity index (χ4v) is 2.37. The van der Waals surface area contributed by atoms with E-state index in [2.05, 4.69) is 5.32 Å². The fraction of sp³-hybridized carbons (Fsp3) is 0.923. The van der Waals surface area contributed by atoms with E-state index in [0.29, 0.717) is 12.0 Å². The number of aliphatic hydroxyl groups is 1. The molecule has 1 saturated carbocycles. The van der Waals surface area contributed by atoms with Gasteiger partial charge in [-0.2, -0.15) is 0 Å². The quantitative estimate of drug-likeness (QED) is 0.690. The molecule has 0 spiro atoms. The Bertz CT molecular complexity index is 266. The molecule has 2 rings (SSSR count). The minimum atomic E-state index is 0.0813. The zero-order chi connectivity index (χ0) is 12.3. The van der Waals surface area contributed by atoms with Gasteiger partial charge in [-0.1, -0.05) is 6.92 Å². The van der Waals surface area contributed by atoms with Crippen LogP contribution < -0.4 is 5.32 Å². The van der Waals surface area contributed by atoms with Crippen LogP contribution in [0.25, 0.3) is 0 Å². The summed E-state index contributed by atoms with van der Waals surface area (Å²) in [5.74, 6) is 0.640. The standard InChI is InChI=1S/C13H24N2O2/c1-10(9-16)3-2-7-15-8-6-12(13(15)17)14-11-4-5-11/h10-12,14,16H,2-9H2,1H3. The van der Waals surface area contributed by atoms with E-state index in [9.17, 15) is 4.79 Å². The summed E-state index contributed by atoms with van der Waals surface area (Å²) in [4.78, 5) is 14.0. The molecule has 4 nitrogen and oxygen atoms in total. The monoisotopic (exact) mass is 240 g/mol. The third-order valence-electron chi connectivity index (χ3n) is 3.75. The first-order valence-electron chi connectivity index (χ1n) is 6.86. The molecule has 2 atom stereocenters.